The molecule has 0 amide bonds. The molecule has 0 saturated carbocycles. The van der Waals surface area contributed by atoms with Crippen molar-refractivity contribution in [3.8, 4) is 0 Å². The lowest BCUT2D eigenvalue weighted by molar-refractivity contribution is 0.323. The maximum atomic E-state index is 6.01. The second-order valence-corrected chi connectivity index (χ2v) is 6.20. The highest BCUT2D eigenvalue weighted by molar-refractivity contribution is 6.30. The van der Waals surface area contributed by atoms with Crippen molar-refractivity contribution in [1.29, 1.82) is 0 Å². The van der Waals surface area contributed by atoms with Gasteiger partial charge in [0.2, 0.25) is 0 Å². The molecular weight excluding hydrogens is 254 g/mol. The minimum Gasteiger partial charge on any atom is -0.307 e. The molecule has 0 aromatic heterocycles. The molecule has 1 nitrogen and oxygen atoms in total. The van der Waals surface area contributed by atoms with Gasteiger partial charge in [-0.25, -0.2) is 0 Å². The van der Waals surface area contributed by atoms with E-state index in [-0.39, 0.29) is 5.54 Å². The Morgan fingerprint density at radius 3 is 2.47 bits per heavy atom. The quantitative estimate of drug-likeness (QED) is 0.813. The maximum absolute atomic E-state index is 6.01. The van der Waals surface area contributed by atoms with Gasteiger partial charge in [0.15, 0.2) is 0 Å². The van der Waals surface area contributed by atoms with Crippen molar-refractivity contribution in [3.63, 3.8) is 0 Å². The van der Waals surface area contributed by atoms with Crippen molar-refractivity contribution >= 4 is 11.6 Å². The standard InChI is InChI=1S/C17H18ClN/c1-17(2)16(12-7-9-14(18)10-8-12)15-6-4-3-5-13(15)11-19-17/h3-10,16,19H,11H2,1-2H3/t16-/m0/s1. The molecule has 0 radical (unpaired) electrons. The summed E-state index contributed by atoms with van der Waals surface area (Å²) in [4.78, 5) is 0. The molecule has 0 aliphatic carbocycles. The Kier molecular flexibility index (Phi) is 3.12. The van der Waals surface area contributed by atoms with Gasteiger partial charge in [0, 0.05) is 23.0 Å². The molecule has 1 atom stereocenters. The van der Waals surface area contributed by atoms with E-state index in [0.717, 1.165) is 11.6 Å². The van der Waals surface area contributed by atoms with Crippen molar-refractivity contribution in [2.45, 2.75) is 31.8 Å². The van der Waals surface area contributed by atoms with Crippen molar-refractivity contribution in [3.05, 3.63) is 70.2 Å². The second kappa shape index (κ2) is 4.66. The number of hydrogen-bond donors (Lipinski definition) is 1. The largest absolute Gasteiger partial charge is 0.307 e. The van der Waals surface area contributed by atoms with Gasteiger partial charge >= 0.3 is 0 Å². The summed E-state index contributed by atoms with van der Waals surface area (Å²) in [7, 11) is 0. The zero-order valence-electron chi connectivity index (χ0n) is 11.3. The number of rotatable bonds is 1. The second-order valence-electron chi connectivity index (χ2n) is 5.76. The van der Waals surface area contributed by atoms with Gasteiger partial charge in [-0.3, -0.25) is 0 Å². The highest BCUT2D eigenvalue weighted by Crippen LogP contribution is 2.39. The molecule has 1 N–H and O–H groups in total. The minimum atomic E-state index is 0.0438. The number of hydrogen-bond acceptors (Lipinski definition) is 1. The van der Waals surface area contributed by atoms with Crippen LogP contribution >= 0.6 is 11.6 Å². The molecule has 0 unspecified atom stereocenters. The number of nitrogens with one attached hydrogen (secondary N) is 1. The van der Waals surface area contributed by atoms with E-state index in [1.165, 1.54) is 16.7 Å². The van der Waals surface area contributed by atoms with Crippen LogP contribution in [0.2, 0.25) is 5.02 Å². The predicted octanol–water partition coefficient (Wildman–Crippen LogP) is 4.35. The third kappa shape index (κ3) is 2.29. The highest BCUT2D eigenvalue weighted by Gasteiger charge is 2.36. The fraction of sp³-hybridized carbons (Fsp3) is 0.294. The number of benzene rings is 2. The molecule has 1 heterocycles. The van der Waals surface area contributed by atoms with Gasteiger partial charge in [0.05, 0.1) is 0 Å². The van der Waals surface area contributed by atoms with Crippen molar-refractivity contribution in [2.24, 2.45) is 0 Å². The summed E-state index contributed by atoms with van der Waals surface area (Å²) in [6, 6.07) is 16.9. The van der Waals surface area contributed by atoms with Gasteiger partial charge in [0.25, 0.3) is 0 Å². The average molecular weight is 272 g/mol. The van der Waals surface area contributed by atoms with Crippen molar-refractivity contribution in [1.82, 2.24) is 5.32 Å². The third-order valence-electron chi connectivity index (χ3n) is 4.03. The molecule has 0 spiro atoms. The van der Waals surface area contributed by atoms with Gasteiger partial charge in [-0.05, 0) is 42.7 Å². The lowest BCUT2D eigenvalue weighted by atomic mass is 9.73. The number of halogens is 1. The first-order valence-electron chi connectivity index (χ1n) is 6.66. The van der Waals surface area contributed by atoms with E-state index in [1.54, 1.807) is 0 Å². The molecule has 2 aromatic carbocycles. The minimum absolute atomic E-state index is 0.0438. The van der Waals surface area contributed by atoms with Crippen LogP contribution in [0, 0.1) is 0 Å². The van der Waals surface area contributed by atoms with Crippen LogP contribution in [-0.4, -0.2) is 5.54 Å². The monoisotopic (exact) mass is 271 g/mol. The summed E-state index contributed by atoms with van der Waals surface area (Å²) in [5.41, 5.74) is 4.17. The van der Waals surface area contributed by atoms with E-state index in [2.05, 4.69) is 55.6 Å². The van der Waals surface area contributed by atoms with Gasteiger partial charge in [-0.1, -0.05) is 48.0 Å². The third-order valence-corrected chi connectivity index (χ3v) is 4.28. The molecule has 2 heteroatoms. The topological polar surface area (TPSA) is 12.0 Å². The summed E-state index contributed by atoms with van der Waals surface area (Å²) in [6.07, 6.45) is 0. The van der Waals surface area contributed by atoms with Crippen LogP contribution < -0.4 is 5.32 Å². The van der Waals surface area contributed by atoms with E-state index < -0.39 is 0 Å². The smallest absolute Gasteiger partial charge is 0.0406 e. The van der Waals surface area contributed by atoms with Crippen LogP contribution in [0.15, 0.2) is 48.5 Å². The normalized spacial score (nSPS) is 20.9. The summed E-state index contributed by atoms with van der Waals surface area (Å²) < 4.78 is 0. The van der Waals surface area contributed by atoms with Gasteiger partial charge in [-0.15, -0.1) is 0 Å². The lowest BCUT2D eigenvalue weighted by Gasteiger charge is -2.41. The van der Waals surface area contributed by atoms with Gasteiger partial charge in [0.1, 0.15) is 0 Å². The SMILES string of the molecule is CC1(C)NCc2ccccc2[C@@H]1c1ccc(Cl)cc1. The van der Waals surface area contributed by atoms with Crippen LogP contribution in [0.5, 0.6) is 0 Å². The fourth-order valence-corrected chi connectivity index (χ4v) is 3.17. The van der Waals surface area contributed by atoms with Crippen LogP contribution in [0.4, 0.5) is 0 Å². The Labute approximate surface area is 119 Å². The molecule has 98 valence electrons. The summed E-state index contributed by atoms with van der Waals surface area (Å²) in [5.74, 6) is 0.356. The van der Waals surface area contributed by atoms with E-state index >= 15 is 0 Å². The van der Waals surface area contributed by atoms with E-state index in [4.69, 9.17) is 11.6 Å². The van der Waals surface area contributed by atoms with Crippen molar-refractivity contribution in [2.75, 3.05) is 0 Å². The van der Waals surface area contributed by atoms with Crippen molar-refractivity contribution < 1.29 is 0 Å². The van der Waals surface area contributed by atoms with Gasteiger partial charge < -0.3 is 5.32 Å². The number of fused-ring (bicyclic) bond motifs is 1. The van der Waals surface area contributed by atoms with E-state index in [9.17, 15) is 0 Å². The van der Waals surface area contributed by atoms with Crippen LogP contribution in [0.3, 0.4) is 0 Å². The zero-order chi connectivity index (χ0) is 13.5. The Morgan fingerprint density at radius 1 is 1.05 bits per heavy atom. The molecule has 0 bridgehead atoms. The lowest BCUT2D eigenvalue weighted by Crippen LogP contribution is -2.48. The Hall–Kier alpha value is -1.31. The van der Waals surface area contributed by atoms with Crippen LogP contribution in [-0.2, 0) is 6.54 Å². The molecule has 1 aliphatic heterocycles. The Bertz CT molecular complexity index is 586. The first-order chi connectivity index (χ1) is 9.08. The predicted molar refractivity (Wildman–Crippen MR) is 80.7 cm³/mol. The molecule has 1 aliphatic rings. The fourth-order valence-electron chi connectivity index (χ4n) is 3.04. The summed E-state index contributed by atoms with van der Waals surface area (Å²) in [6.45, 7) is 5.47. The molecular formula is C17H18ClN. The average Bonchev–Trinajstić information content (AvgIpc) is 2.40. The molecule has 3 rings (SSSR count). The van der Waals surface area contributed by atoms with E-state index in [1.807, 2.05) is 12.1 Å². The Morgan fingerprint density at radius 2 is 1.74 bits per heavy atom. The molecule has 19 heavy (non-hydrogen) atoms. The zero-order valence-corrected chi connectivity index (χ0v) is 12.0. The van der Waals surface area contributed by atoms with E-state index in [0.29, 0.717) is 5.92 Å². The Balaban J connectivity index is 2.13. The summed E-state index contributed by atoms with van der Waals surface area (Å²) in [5, 5.41) is 4.44. The maximum Gasteiger partial charge on any atom is 0.0406 e. The molecule has 0 saturated heterocycles. The highest BCUT2D eigenvalue weighted by atomic mass is 35.5. The molecule has 0 fully saturated rings. The first kappa shape index (κ1) is 12.7. The summed E-state index contributed by atoms with van der Waals surface area (Å²) >= 11 is 6.01. The first-order valence-corrected chi connectivity index (χ1v) is 7.04. The van der Waals surface area contributed by atoms with Gasteiger partial charge in [-0.2, -0.15) is 0 Å². The molecule has 2 aromatic rings. The van der Waals surface area contributed by atoms with Crippen LogP contribution in [0.1, 0.15) is 36.5 Å². The van der Waals surface area contributed by atoms with Crippen LogP contribution in [0.25, 0.3) is 0 Å².